The number of halogens is 3. The number of nitrogens with two attached hydrogens (primary N) is 1. The number of alkyl halides is 3. The lowest BCUT2D eigenvalue weighted by atomic mass is 10.0. The maximum absolute atomic E-state index is 13.3. The van der Waals surface area contributed by atoms with E-state index in [1.165, 1.54) is 18.2 Å². The number of carbonyl (C=O) groups excluding carboxylic acids is 2. The Morgan fingerprint density at radius 3 is 2.40 bits per heavy atom. The maximum atomic E-state index is 13.3. The van der Waals surface area contributed by atoms with Crippen molar-refractivity contribution < 1.29 is 27.5 Å². The van der Waals surface area contributed by atoms with E-state index in [4.69, 9.17) is 10.5 Å². The first-order valence-electron chi connectivity index (χ1n) is 13.7. The molecule has 0 aromatic heterocycles. The van der Waals surface area contributed by atoms with Gasteiger partial charge in [-0.1, -0.05) is 36.4 Å². The summed E-state index contributed by atoms with van der Waals surface area (Å²) < 4.78 is 44.5. The molecule has 3 atom stereocenters. The van der Waals surface area contributed by atoms with Gasteiger partial charge in [-0.2, -0.15) is 13.2 Å². The molecule has 3 aromatic carbocycles. The molecule has 220 valence electrons. The third-order valence-corrected chi connectivity index (χ3v) is 7.42. The molecule has 0 saturated carbocycles. The number of nitrogens with zero attached hydrogens (tertiary/aromatic N) is 1. The Labute approximate surface area is 241 Å². The summed E-state index contributed by atoms with van der Waals surface area (Å²) in [5.74, 6) is -0.738. The van der Waals surface area contributed by atoms with Gasteiger partial charge in [0.15, 0.2) is 0 Å². The summed E-state index contributed by atoms with van der Waals surface area (Å²) >= 11 is 0. The largest absolute Gasteiger partial charge is 0.416 e. The highest BCUT2D eigenvalue weighted by Crippen LogP contribution is 2.30. The van der Waals surface area contributed by atoms with Crippen LogP contribution < -0.4 is 21.7 Å². The van der Waals surface area contributed by atoms with Crippen LogP contribution in [0.1, 0.15) is 29.2 Å². The van der Waals surface area contributed by atoms with Gasteiger partial charge in [-0.25, -0.2) is 0 Å². The third-order valence-electron chi connectivity index (χ3n) is 7.42. The molecule has 3 aromatic rings. The van der Waals surface area contributed by atoms with E-state index in [0.717, 1.165) is 37.2 Å². The van der Waals surface area contributed by atoms with E-state index >= 15 is 0 Å². The van der Waals surface area contributed by atoms with Crippen LogP contribution in [0.15, 0.2) is 78.9 Å². The number of hydrogen-bond acceptors (Lipinski definition) is 6. The summed E-state index contributed by atoms with van der Waals surface area (Å²) in [5, 5.41) is 8.77. The number of fused-ring (bicyclic) bond motifs is 2. The molecule has 2 aliphatic rings. The molecule has 2 saturated heterocycles. The summed E-state index contributed by atoms with van der Waals surface area (Å²) in [6, 6.07) is 18.1. The van der Waals surface area contributed by atoms with Crippen molar-refractivity contribution >= 4 is 35.0 Å². The van der Waals surface area contributed by atoms with Gasteiger partial charge in [0.1, 0.15) is 6.04 Å². The predicted octanol–water partition coefficient (Wildman–Crippen LogP) is 4.68. The van der Waals surface area contributed by atoms with Crippen LogP contribution in [0.4, 0.5) is 30.2 Å². The number of amides is 2. The first-order chi connectivity index (χ1) is 20.2. The molecule has 8 nitrogen and oxygen atoms in total. The first-order valence-corrected chi connectivity index (χ1v) is 13.7. The lowest BCUT2D eigenvalue weighted by Gasteiger charge is -2.27. The number of nitrogen functional groups attached to an aromatic ring is 1. The van der Waals surface area contributed by atoms with E-state index in [2.05, 4.69) is 20.9 Å². The molecule has 5 rings (SSSR count). The van der Waals surface area contributed by atoms with Crippen molar-refractivity contribution in [2.45, 2.75) is 30.8 Å². The lowest BCUT2D eigenvalue weighted by molar-refractivity contribution is -0.137. The van der Waals surface area contributed by atoms with Crippen LogP contribution >= 0.6 is 0 Å². The van der Waals surface area contributed by atoms with Crippen molar-refractivity contribution in [3.05, 3.63) is 95.6 Å². The van der Waals surface area contributed by atoms with Crippen LogP contribution in [0.5, 0.6) is 0 Å². The van der Waals surface area contributed by atoms with Crippen molar-refractivity contribution in [1.29, 1.82) is 0 Å². The Morgan fingerprint density at radius 2 is 1.76 bits per heavy atom. The molecule has 0 aliphatic carbocycles. The van der Waals surface area contributed by atoms with Crippen LogP contribution in [-0.4, -0.2) is 55.1 Å². The molecular weight excluding hydrogens is 547 g/mol. The molecule has 0 radical (unpaired) electrons. The van der Waals surface area contributed by atoms with Crippen LogP contribution in [0, 0.1) is 0 Å². The number of para-hydroxylation sites is 2. The highest BCUT2D eigenvalue weighted by atomic mass is 19.4. The number of morpholine rings is 1. The van der Waals surface area contributed by atoms with E-state index < -0.39 is 23.7 Å². The Morgan fingerprint density at radius 1 is 1.02 bits per heavy atom. The minimum Gasteiger partial charge on any atom is -0.397 e. The van der Waals surface area contributed by atoms with E-state index in [-0.39, 0.29) is 17.7 Å². The zero-order valence-corrected chi connectivity index (χ0v) is 22.7. The zero-order chi connectivity index (χ0) is 29.7. The first kappa shape index (κ1) is 29.3. The number of rotatable bonds is 10. The van der Waals surface area contributed by atoms with Gasteiger partial charge in [0.2, 0.25) is 11.8 Å². The van der Waals surface area contributed by atoms with Crippen LogP contribution in [0.3, 0.4) is 0 Å². The second-order valence-corrected chi connectivity index (χ2v) is 10.4. The molecule has 2 bridgehead atoms. The highest BCUT2D eigenvalue weighted by Gasteiger charge is 2.38. The van der Waals surface area contributed by atoms with Crippen molar-refractivity contribution in [2.24, 2.45) is 0 Å². The summed E-state index contributed by atoms with van der Waals surface area (Å²) in [6.45, 7) is 2.84. The Bertz CT molecular complexity index is 1430. The molecule has 0 spiro atoms. The minimum atomic E-state index is -4.46. The number of hydrogen-bond donors (Lipinski definition) is 4. The molecule has 42 heavy (non-hydrogen) atoms. The molecule has 11 heteroatoms. The van der Waals surface area contributed by atoms with Gasteiger partial charge in [-0.3, -0.25) is 14.5 Å². The molecule has 2 aliphatic heterocycles. The molecule has 2 amide bonds. The van der Waals surface area contributed by atoms with E-state index in [1.807, 2.05) is 0 Å². The van der Waals surface area contributed by atoms with E-state index in [1.54, 1.807) is 54.6 Å². The smallest absolute Gasteiger partial charge is 0.397 e. The maximum Gasteiger partial charge on any atom is 0.416 e. The van der Waals surface area contributed by atoms with Gasteiger partial charge in [-0.05, 0) is 60.0 Å². The van der Waals surface area contributed by atoms with Crippen LogP contribution in [0.25, 0.3) is 6.08 Å². The standard InChI is InChI=1S/C31H32F3N5O3/c32-31(33,34)22-10-12-23(13-11-22)37-30(41)29(36-15-16-39-18-25-17-24(39)19-42-25)21-8-5-20(6-9-21)7-14-28(40)38-27-4-2-1-3-26(27)35/h1-14,24-25,29,36H,15-19,35H2,(H,37,41)(H,38,40)/t24?,25?,29-/m0/s1. The van der Waals surface area contributed by atoms with Crippen LogP contribution in [-0.2, 0) is 20.5 Å². The second kappa shape index (κ2) is 12.8. The van der Waals surface area contributed by atoms with Gasteiger partial charge in [0, 0.05) is 37.4 Å². The number of benzene rings is 3. The van der Waals surface area contributed by atoms with E-state index in [0.29, 0.717) is 36.1 Å². The van der Waals surface area contributed by atoms with Gasteiger partial charge in [-0.15, -0.1) is 0 Å². The monoisotopic (exact) mass is 579 g/mol. The summed E-state index contributed by atoms with van der Waals surface area (Å²) in [7, 11) is 0. The summed E-state index contributed by atoms with van der Waals surface area (Å²) in [5.41, 5.74) is 7.74. The lowest BCUT2D eigenvalue weighted by Crippen LogP contribution is -2.43. The highest BCUT2D eigenvalue weighted by molar-refractivity contribution is 6.03. The van der Waals surface area contributed by atoms with Crippen molar-refractivity contribution in [3.63, 3.8) is 0 Å². The number of likely N-dealkylation sites (tertiary alicyclic amines) is 1. The fourth-order valence-electron chi connectivity index (χ4n) is 5.18. The number of anilines is 3. The molecule has 5 N–H and O–H groups in total. The van der Waals surface area contributed by atoms with Gasteiger partial charge in [0.25, 0.3) is 0 Å². The fraction of sp³-hybridized carbons (Fsp3) is 0.290. The quantitative estimate of drug-likeness (QED) is 0.205. The molecule has 2 fully saturated rings. The zero-order valence-electron chi connectivity index (χ0n) is 22.7. The summed E-state index contributed by atoms with van der Waals surface area (Å²) in [4.78, 5) is 28.0. The summed E-state index contributed by atoms with van der Waals surface area (Å²) in [6.07, 6.45) is -0.140. The predicted molar refractivity (Wildman–Crippen MR) is 155 cm³/mol. The Kier molecular flexibility index (Phi) is 8.91. The molecule has 2 heterocycles. The van der Waals surface area contributed by atoms with Crippen molar-refractivity contribution in [3.8, 4) is 0 Å². The minimum absolute atomic E-state index is 0.262. The molecule has 2 unspecified atom stereocenters. The average molecular weight is 580 g/mol. The Hall–Kier alpha value is -4.19. The van der Waals surface area contributed by atoms with Crippen molar-refractivity contribution in [1.82, 2.24) is 10.2 Å². The topological polar surface area (TPSA) is 109 Å². The second-order valence-electron chi connectivity index (χ2n) is 10.4. The van der Waals surface area contributed by atoms with Gasteiger partial charge in [0.05, 0.1) is 29.6 Å². The van der Waals surface area contributed by atoms with Gasteiger partial charge >= 0.3 is 6.18 Å². The Balaban J connectivity index is 1.25. The van der Waals surface area contributed by atoms with Crippen LogP contribution in [0.2, 0.25) is 0 Å². The average Bonchev–Trinajstić information content (AvgIpc) is 3.59. The van der Waals surface area contributed by atoms with E-state index in [9.17, 15) is 22.8 Å². The number of carbonyl (C=O) groups is 2. The fourth-order valence-corrected chi connectivity index (χ4v) is 5.18. The number of nitrogens with one attached hydrogen (secondary N) is 3. The number of ether oxygens (including phenoxy) is 1. The SMILES string of the molecule is Nc1ccccc1NC(=O)C=Cc1ccc([C@H](NCCN2CC3CC2CO3)C(=O)Nc2ccc(C(F)(F)F)cc2)cc1. The van der Waals surface area contributed by atoms with Gasteiger partial charge < -0.3 is 26.4 Å². The third kappa shape index (κ3) is 7.35. The molecular formula is C31H32F3N5O3. The van der Waals surface area contributed by atoms with Crippen molar-refractivity contribution in [2.75, 3.05) is 42.6 Å². The normalized spacial score (nSPS) is 19.2.